The number of H-pyrrole nitrogens is 1. The highest BCUT2D eigenvalue weighted by atomic mass is 79.9. The number of rotatable bonds is 2. The first kappa shape index (κ1) is 13.8. The molecule has 1 saturated heterocycles. The van der Waals surface area contributed by atoms with Crippen molar-refractivity contribution in [3.8, 4) is 11.3 Å². The number of hydrogen-bond donors (Lipinski definition) is 2. The summed E-state index contributed by atoms with van der Waals surface area (Å²) in [5.74, 6) is 0.726. The van der Waals surface area contributed by atoms with E-state index in [1.807, 2.05) is 6.20 Å². The molecule has 0 bridgehead atoms. The zero-order valence-corrected chi connectivity index (χ0v) is 12.7. The first-order valence-corrected chi connectivity index (χ1v) is 7.77. The Morgan fingerprint density at radius 3 is 3.00 bits per heavy atom. The van der Waals surface area contributed by atoms with Gasteiger partial charge in [0.05, 0.1) is 17.9 Å². The van der Waals surface area contributed by atoms with E-state index in [-0.39, 0.29) is 5.82 Å². The number of hydrogen-bond acceptors (Lipinski definition) is 2. The molecule has 3 nitrogen and oxygen atoms in total. The number of aromatic nitrogens is 2. The molecule has 2 N–H and O–H groups in total. The fourth-order valence-electron chi connectivity index (χ4n) is 2.62. The van der Waals surface area contributed by atoms with E-state index in [9.17, 15) is 4.39 Å². The molecule has 2 aromatic rings. The van der Waals surface area contributed by atoms with Crippen LogP contribution in [0.2, 0.25) is 0 Å². The molecular weight excluding hydrogens is 321 g/mol. The van der Waals surface area contributed by atoms with Gasteiger partial charge in [-0.3, -0.25) is 0 Å². The third kappa shape index (κ3) is 2.94. The van der Waals surface area contributed by atoms with Gasteiger partial charge in [-0.05, 0) is 53.5 Å². The van der Waals surface area contributed by atoms with Gasteiger partial charge in [0.25, 0.3) is 0 Å². The summed E-state index contributed by atoms with van der Waals surface area (Å²) >= 11 is 3.40. The lowest BCUT2D eigenvalue weighted by molar-refractivity contribution is 0.512. The normalized spacial score (nSPS) is 19.8. The zero-order valence-electron chi connectivity index (χ0n) is 11.1. The lowest BCUT2D eigenvalue weighted by atomic mass is 10.1. The number of nitrogens with zero attached hydrogens (tertiary/aromatic N) is 1. The third-order valence-electron chi connectivity index (χ3n) is 3.71. The maximum Gasteiger partial charge on any atom is 0.124 e. The van der Waals surface area contributed by atoms with Crippen LogP contribution in [0.1, 0.15) is 37.5 Å². The van der Waals surface area contributed by atoms with Crippen LogP contribution in [-0.4, -0.2) is 16.5 Å². The Kier molecular flexibility index (Phi) is 4.17. The first-order valence-electron chi connectivity index (χ1n) is 6.98. The quantitative estimate of drug-likeness (QED) is 0.862. The SMILES string of the molecule is Fc1ccc(-c2cnc(C3CCCCCN3)[nH]2)c(Br)c1. The maximum absolute atomic E-state index is 13.1. The molecule has 1 fully saturated rings. The van der Waals surface area contributed by atoms with E-state index >= 15 is 0 Å². The molecule has 0 aliphatic carbocycles. The molecule has 0 amide bonds. The number of aromatic amines is 1. The van der Waals surface area contributed by atoms with Gasteiger partial charge in [0.15, 0.2) is 0 Å². The van der Waals surface area contributed by atoms with E-state index in [0.29, 0.717) is 6.04 Å². The van der Waals surface area contributed by atoms with Crippen LogP contribution in [0.3, 0.4) is 0 Å². The number of benzene rings is 1. The monoisotopic (exact) mass is 337 g/mol. The van der Waals surface area contributed by atoms with Crippen LogP contribution in [0.5, 0.6) is 0 Å². The summed E-state index contributed by atoms with van der Waals surface area (Å²) in [6.45, 7) is 1.04. The van der Waals surface area contributed by atoms with Gasteiger partial charge in [-0.25, -0.2) is 9.37 Å². The highest BCUT2D eigenvalue weighted by Crippen LogP contribution is 2.29. The van der Waals surface area contributed by atoms with E-state index in [0.717, 1.165) is 34.5 Å². The minimum Gasteiger partial charge on any atom is -0.341 e. The van der Waals surface area contributed by atoms with Gasteiger partial charge < -0.3 is 10.3 Å². The van der Waals surface area contributed by atoms with Crippen LogP contribution < -0.4 is 5.32 Å². The van der Waals surface area contributed by atoms with Crippen molar-refractivity contribution in [1.29, 1.82) is 0 Å². The van der Waals surface area contributed by atoms with Gasteiger partial charge in [-0.2, -0.15) is 0 Å². The molecule has 3 rings (SSSR count). The summed E-state index contributed by atoms with van der Waals surface area (Å²) < 4.78 is 13.9. The van der Waals surface area contributed by atoms with E-state index in [2.05, 4.69) is 31.2 Å². The molecule has 1 atom stereocenters. The molecule has 1 unspecified atom stereocenters. The summed E-state index contributed by atoms with van der Waals surface area (Å²) in [5.41, 5.74) is 1.84. The van der Waals surface area contributed by atoms with Crippen molar-refractivity contribution < 1.29 is 4.39 Å². The molecule has 20 heavy (non-hydrogen) atoms. The second kappa shape index (κ2) is 6.06. The van der Waals surface area contributed by atoms with Crippen molar-refractivity contribution in [3.05, 3.63) is 40.5 Å². The summed E-state index contributed by atoms with van der Waals surface area (Å²) in [4.78, 5) is 7.85. The Morgan fingerprint density at radius 1 is 1.25 bits per heavy atom. The van der Waals surface area contributed by atoms with Crippen molar-refractivity contribution >= 4 is 15.9 Å². The highest BCUT2D eigenvalue weighted by molar-refractivity contribution is 9.10. The van der Waals surface area contributed by atoms with Gasteiger partial charge in [0.2, 0.25) is 0 Å². The molecule has 1 aromatic carbocycles. The van der Waals surface area contributed by atoms with Crippen molar-refractivity contribution in [2.24, 2.45) is 0 Å². The molecular formula is C15H17BrFN3. The smallest absolute Gasteiger partial charge is 0.124 e. The van der Waals surface area contributed by atoms with Gasteiger partial charge in [0.1, 0.15) is 11.6 Å². The number of imidazole rings is 1. The van der Waals surface area contributed by atoms with Crippen molar-refractivity contribution in [2.45, 2.75) is 31.7 Å². The van der Waals surface area contributed by atoms with Crippen LogP contribution in [0.4, 0.5) is 4.39 Å². The summed E-state index contributed by atoms with van der Waals surface area (Å²) in [6, 6.07) is 4.99. The van der Waals surface area contributed by atoms with Crippen molar-refractivity contribution in [1.82, 2.24) is 15.3 Å². The lowest BCUT2D eigenvalue weighted by Crippen LogP contribution is -2.21. The third-order valence-corrected chi connectivity index (χ3v) is 4.36. The van der Waals surface area contributed by atoms with Crippen LogP contribution in [0, 0.1) is 5.82 Å². The Labute approximate surface area is 126 Å². The van der Waals surface area contributed by atoms with E-state index < -0.39 is 0 Å². The predicted molar refractivity (Wildman–Crippen MR) is 80.9 cm³/mol. The van der Waals surface area contributed by atoms with E-state index in [1.54, 1.807) is 6.07 Å². The predicted octanol–water partition coefficient (Wildman–Crippen LogP) is 4.18. The van der Waals surface area contributed by atoms with Crippen LogP contribution in [0.15, 0.2) is 28.9 Å². The van der Waals surface area contributed by atoms with Gasteiger partial charge in [-0.15, -0.1) is 0 Å². The molecule has 1 aromatic heterocycles. The van der Waals surface area contributed by atoms with Gasteiger partial charge >= 0.3 is 0 Å². The molecule has 5 heteroatoms. The summed E-state index contributed by atoms with van der Waals surface area (Å²) in [5, 5.41) is 3.52. The van der Waals surface area contributed by atoms with Crippen LogP contribution >= 0.6 is 15.9 Å². The van der Waals surface area contributed by atoms with Crippen LogP contribution in [-0.2, 0) is 0 Å². The fraction of sp³-hybridized carbons (Fsp3) is 0.400. The first-order chi connectivity index (χ1) is 9.74. The van der Waals surface area contributed by atoms with E-state index in [4.69, 9.17) is 0 Å². The molecule has 106 valence electrons. The topological polar surface area (TPSA) is 40.7 Å². The Balaban J connectivity index is 1.85. The Bertz CT molecular complexity index is 589. The minimum absolute atomic E-state index is 0.245. The molecule has 0 spiro atoms. The minimum atomic E-state index is -0.245. The highest BCUT2D eigenvalue weighted by Gasteiger charge is 2.17. The zero-order chi connectivity index (χ0) is 13.9. The average molecular weight is 338 g/mol. The number of halogens is 2. The molecule has 1 aliphatic heterocycles. The van der Waals surface area contributed by atoms with Gasteiger partial charge in [0, 0.05) is 10.0 Å². The molecule has 1 aliphatic rings. The largest absolute Gasteiger partial charge is 0.341 e. The Morgan fingerprint density at radius 2 is 2.15 bits per heavy atom. The maximum atomic E-state index is 13.1. The van der Waals surface area contributed by atoms with E-state index in [1.165, 1.54) is 31.4 Å². The lowest BCUT2D eigenvalue weighted by Gasteiger charge is -2.12. The summed E-state index contributed by atoms with van der Waals surface area (Å²) in [7, 11) is 0. The Hall–Kier alpha value is -1.20. The van der Waals surface area contributed by atoms with Crippen LogP contribution in [0.25, 0.3) is 11.3 Å². The van der Waals surface area contributed by atoms with Crippen molar-refractivity contribution in [2.75, 3.05) is 6.54 Å². The molecule has 0 radical (unpaired) electrons. The summed E-state index contributed by atoms with van der Waals surface area (Å²) in [6.07, 6.45) is 6.67. The second-order valence-electron chi connectivity index (χ2n) is 5.16. The van der Waals surface area contributed by atoms with Gasteiger partial charge in [-0.1, -0.05) is 12.8 Å². The fourth-order valence-corrected chi connectivity index (χ4v) is 3.18. The second-order valence-corrected chi connectivity index (χ2v) is 6.02. The molecule has 0 saturated carbocycles. The average Bonchev–Trinajstić information content (AvgIpc) is 2.74. The number of nitrogens with one attached hydrogen (secondary N) is 2. The molecule has 2 heterocycles. The standard InChI is InChI=1S/C15H17BrFN3/c16-12-8-10(17)5-6-11(12)14-9-19-15(20-14)13-4-2-1-3-7-18-13/h5-6,8-9,13,18H,1-4,7H2,(H,19,20). The van der Waals surface area contributed by atoms with Crippen molar-refractivity contribution in [3.63, 3.8) is 0 Å².